The van der Waals surface area contributed by atoms with Crippen molar-refractivity contribution in [3.8, 4) is 5.75 Å². The fourth-order valence-corrected chi connectivity index (χ4v) is 0.882. The molecule has 1 heterocycles. The van der Waals surface area contributed by atoms with Crippen LogP contribution in [-0.4, -0.2) is 17.1 Å². The maximum absolute atomic E-state index is 10.9. The van der Waals surface area contributed by atoms with E-state index in [9.17, 15) is 4.79 Å². The second kappa shape index (κ2) is 2.79. The Morgan fingerprint density at radius 1 is 1.73 bits per heavy atom. The van der Waals surface area contributed by atoms with Gasteiger partial charge in [0.05, 0.1) is 7.11 Å². The van der Waals surface area contributed by atoms with Gasteiger partial charge in [-0.1, -0.05) is 11.6 Å². The number of nitrogen functional groups attached to an aromatic ring is 1. The van der Waals surface area contributed by atoms with Crippen LogP contribution in [0.1, 0.15) is 0 Å². The quantitative estimate of drug-likeness (QED) is 0.590. The molecule has 0 saturated carbocycles. The molecule has 3 N–H and O–H groups in total. The Kier molecular flexibility index (Phi) is 2.00. The smallest absolute Gasteiger partial charge is 0.296 e. The van der Waals surface area contributed by atoms with Gasteiger partial charge in [-0.05, 0) is 0 Å². The first-order valence-corrected chi connectivity index (χ1v) is 3.12. The average Bonchev–Trinajstić information content (AvgIpc) is 1.85. The van der Waals surface area contributed by atoms with Gasteiger partial charge in [-0.15, -0.1) is 0 Å². The van der Waals surface area contributed by atoms with Crippen LogP contribution >= 0.6 is 11.6 Å². The second-order valence-corrected chi connectivity index (χ2v) is 2.13. The summed E-state index contributed by atoms with van der Waals surface area (Å²) in [6.07, 6.45) is 0. The highest BCUT2D eigenvalue weighted by atomic mass is 35.5. The summed E-state index contributed by atoms with van der Waals surface area (Å²) >= 11 is 5.50. The Morgan fingerprint density at radius 2 is 2.36 bits per heavy atom. The number of halogens is 1. The van der Waals surface area contributed by atoms with Crippen LogP contribution in [0.25, 0.3) is 0 Å². The Bertz CT molecular complexity index is 322. The molecule has 1 rings (SSSR count). The lowest BCUT2D eigenvalue weighted by Gasteiger charge is -1.99. The number of anilines is 1. The van der Waals surface area contributed by atoms with Crippen molar-refractivity contribution in [1.29, 1.82) is 0 Å². The van der Waals surface area contributed by atoms with Crippen LogP contribution in [0, 0.1) is 0 Å². The third kappa shape index (κ3) is 1.43. The Balaban J connectivity index is 3.37. The number of nitrogens with two attached hydrogens (primary N) is 1. The van der Waals surface area contributed by atoms with Crippen LogP contribution in [0.5, 0.6) is 5.75 Å². The van der Waals surface area contributed by atoms with E-state index in [1.165, 1.54) is 7.11 Å². The van der Waals surface area contributed by atoms with Crippen molar-refractivity contribution in [2.24, 2.45) is 0 Å². The van der Waals surface area contributed by atoms with Crippen LogP contribution in [0.3, 0.4) is 0 Å². The van der Waals surface area contributed by atoms with Crippen molar-refractivity contribution in [3.05, 3.63) is 15.5 Å². The predicted molar refractivity (Wildman–Crippen MR) is 40.8 cm³/mol. The molecule has 1 aromatic rings. The minimum Gasteiger partial charge on any atom is -0.489 e. The molecule has 0 amide bonds. The molecule has 60 valence electrons. The molecule has 0 aliphatic heterocycles. The summed E-state index contributed by atoms with van der Waals surface area (Å²) in [4.78, 5) is 16.7. The van der Waals surface area contributed by atoms with Crippen molar-refractivity contribution in [3.63, 3.8) is 0 Å². The third-order valence-corrected chi connectivity index (χ3v) is 1.31. The lowest BCUT2D eigenvalue weighted by Crippen LogP contribution is -2.13. The van der Waals surface area contributed by atoms with E-state index >= 15 is 0 Å². The zero-order valence-electron chi connectivity index (χ0n) is 5.72. The summed E-state index contributed by atoms with van der Waals surface area (Å²) in [5.74, 6) is -0.0540. The number of aromatic amines is 1. The molecule has 0 aliphatic rings. The molecule has 0 aromatic carbocycles. The molecule has 5 nitrogen and oxygen atoms in total. The van der Waals surface area contributed by atoms with Crippen LogP contribution in [0.15, 0.2) is 4.79 Å². The molecule has 0 radical (unpaired) electrons. The number of rotatable bonds is 1. The molecule has 0 fully saturated rings. The van der Waals surface area contributed by atoms with E-state index in [0.717, 1.165) is 0 Å². The maximum Gasteiger partial charge on any atom is 0.296 e. The minimum absolute atomic E-state index is 0.0270. The number of methoxy groups -OCH3 is 1. The lowest BCUT2D eigenvalue weighted by atomic mass is 10.6. The van der Waals surface area contributed by atoms with E-state index in [1.807, 2.05) is 0 Å². The van der Waals surface area contributed by atoms with Crippen LogP contribution in [0.2, 0.25) is 5.15 Å². The van der Waals surface area contributed by atoms with Gasteiger partial charge in [0.1, 0.15) is 0 Å². The summed E-state index contributed by atoms with van der Waals surface area (Å²) in [6.45, 7) is 0. The highest BCUT2D eigenvalue weighted by Crippen LogP contribution is 2.15. The fraction of sp³-hybridized carbons (Fsp3) is 0.200. The van der Waals surface area contributed by atoms with Crippen molar-refractivity contribution < 1.29 is 4.74 Å². The first-order valence-electron chi connectivity index (χ1n) is 2.74. The SMILES string of the molecule is COc1c(Cl)nc(N)[nH]c1=O. The highest BCUT2D eigenvalue weighted by molar-refractivity contribution is 6.30. The first kappa shape index (κ1) is 7.87. The predicted octanol–water partition coefficient (Wildman–Crippen LogP) is 0.0141. The van der Waals surface area contributed by atoms with E-state index < -0.39 is 5.56 Å². The van der Waals surface area contributed by atoms with Gasteiger partial charge in [0.2, 0.25) is 11.7 Å². The van der Waals surface area contributed by atoms with Gasteiger partial charge in [-0.2, -0.15) is 4.98 Å². The van der Waals surface area contributed by atoms with Crippen molar-refractivity contribution >= 4 is 17.5 Å². The Morgan fingerprint density at radius 3 is 2.82 bits per heavy atom. The van der Waals surface area contributed by atoms with E-state index in [1.54, 1.807) is 0 Å². The number of nitrogens with zero attached hydrogens (tertiary/aromatic N) is 1. The average molecular weight is 176 g/mol. The van der Waals surface area contributed by atoms with Gasteiger partial charge < -0.3 is 10.5 Å². The van der Waals surface area contributed by atoms with Crippen molar-refractivity contribution in [2.75, 3.05) is 12.8 Å². The maximum atomic E-state index is 10.9. The van der Waals surface area contributed by atoms with Gasteiger partial charge in [0.25, 0.3) is 5.56 Å². The zero-order valence-corrected chi connectivity index (χ0v) is 6.47. The molecule has 0 atom stereocenters. The standard InChI is InChI=1S/C5H6ClN3O2/c1-11-2-3(6)8-5(7)9-4(2)10/h1H3,(H3,7,8,9,10). The first-order chi connectivity index (χ1) is 5.15. The summed E-state index contributed by atoms with van der Waals surface area (Å²) in [7, 11) is 1.33. The van der Waals surface area contributed by atoms with E-state index in [4.69, 9.17) is 17.3 Å². The number of ether oxygens (including phenoxy) is 1. The van der Waals surface area contributed by atoms with Gasteiger partial charge >= 0.3 is 0 Å². The number of hydrogen-bond acceptors (Lipinski definition) is 4. The van der Waals surface area contributed by atoms with Crippen molar-refractivity contribution in [2.45, 2.75) is 0 Å². The Labute approximate surface area is 67.2 Å². The summed E-state index contributed by atoms with van der Waals surface area (Å²) in [6, 6.07) is 0. The molecule has 6 heteroatoms. The normalized spacial score (nSPS) is 9.64. The number of hydrogen-bond donors (Lipinski definition) is 2. The van der Waals surface area contributed by atoms with Crippen molar-refractivity contribution in [1.82, 2.24) is 9.97 Å². The summed E-state index contributed by atoms with van der Waals surface area (Å²) in [5.41, 5.74) is 4.69. The van der Waals surface area contributed by atoms with E-state index in [0.29, 0.717) is 0 Å². The molecule has 0 unspecified atom stereocenters. The molecule has 0 saturated heterocycles. The molecule has 1 aromatic heterocycles. The minimum atomic E-state index is -0.481. The fourth-order valence-electron chi connectivity index (χ4n) is 0.628. The third-order valence-electron chi connectivity index (χ3n) is 1.06. The van der Waals surface area contributed by atoms with Gasteiger partial charge in [0.15, 0.2) is 5.15 Å². The number of H-pyrrole nitrogens is 1. The highest BCUT2D eigenvalue weighted by Gasteiger charge is 2.06. The van der Waals surface area contributed by atoms with Crippen LogP contribution in [0.4, 0.5) is 5.95 Å². The lowest BCUT2D eigenvalue weighted by molar-refractivity contribution is 0.406. The molecule has 11 heavy (non-hydrogen) atoms. The molecular formula is C5H6ClN3O2. The summed E-state index contributed by atoms with van der Waals surface area (Å²) < 4.78 is 4.64. The largest absolute Gasteiger partial charge is 0.489 e. The number of nitrogens with one attached hydrogen (secondary N) is 1. The monoisotopic (exact) mass is 175 g/mol. The second-order valence-electron chi connectivity index (χ2n) is 1.78. The van der Waals surface area contributed by atoms with Gasteiger partial charge in [-0.25, -0.2) is 0 Å². The number of aromatic nitrogens is 2. The van der Waals surface area contributed by atoms with Crippen LogP contribution in [-0.2, 0) is 0 Å². The molecule has 0 spiro atoms. The Hall–Kier alpha value is -1.23. The summed E-state index contributed by atoms with van der Waals surface area (Å²) in [5, 5.41) is -0.0336. The van der Waals surface area contributed by atoms with E-state index in [2.05, 4.69) is 14.7 Å². The van der Waals surface area contributed by atoms with E-state index in [-0.39, 0.29) is 16.9 Å². The zero-order chi connectivity index (χ0) is 8.43. The van der Waals surface area contributed by atoms with Crippen LogP contribution < -0.4 is 16.0 Å². The van der Waals surface area contributed by atoms with Gasteiger partial charge in [-0.3, -0.25) is 9.78 Å². The topological polar surface area (TPSA) is 81.0 Å². The molecular weight excluding hydrogens is 170 g/mol. The molecule has 0 aliphatic carbocycles. The molecule has 0 bridgehead atoms. The van der Waals surface area contributed by atoms with Gasteiger partial charge in [0, 0.05) is 0 Å².